The highest BCUT2D eigenvalue weighted by Crippen LogP contribution is 2.45. The Kier molecular flexibility index (Phi) is 9.58. The largest absolute Gasteiger partial charge is 0.383 e. The molecule has 1 aromatic heterocycles. The summed E-state index contributed by atoms with van der Waals surface area (Å²) in [6.45, 7) is 8.88. The quantitative estimate of drug-likeness (QED) is 0.332. The number of carbonyl (C=O) groups is 2. The number of benzene rings is 2. The number of hydrogen-bond acceptors (Lipinski definition) is 4. The van der Waals surface area contributed by atoms with Crippen LogP contribution in [0.2, 0.25) is 0 Å². The number of aromatic nitrogens is 1. The molecule has 2 atom stereocenters. The van der Waals surface area contributed by atoms with Gasteiger partial charge in [0.15, 0.2) is 0 Å². The van der Waals surface area contributed by atoms with Crippen molar-refractivity contribution in [2.75, 3.05) is 46.4 Å². The van der Waals surface area contributed by atoms with E-state index in [1.54, 1.807) is 7.11 Å². The topological polar surface area (TPSA) is 66.8 Å². The smallest absolute Gasteiger partial charge is 0.254 e. The number of ether oxygens (including phenoxy) is 1. The summed E-state index contributed by atoms with van der Waals surface area (Å²) in [5.41, 5.74) is 3.45. The fourth-order valence-corrected chi connectivity index (χ4v) is 5.70. The lowest BCUT2D eigenvalue weighted by atomic mass is 9.79. The van der Waals surface area contributed by atoms with E-state index in [1.165, 1.54) is 12.8 Å². The molecule has 0 fully saturated rings. The Bertz CT molecular complexity index is 1240. The van der Waals surface area contributed by atoms with Crippen LogP contribution in [-0.2, 0) is 16.6 Å². The summed E-state index contributed by atoms with van der Waals surface area (Å²) >= 11 is 0. The fourth-order valence-electron chi connectivity index (χ4n) is 5.70. The second-order valence-electron chi connectivity index (χ2n) is 10.1. The molecule has 0 aliphatic carbocycles. The van der Waals surface area contributed by atoms with E-state index in [0.29, 0.717) is 25.3 Å². The number of methoxy groups -OCH3 is 1. The number of hydrogen-bond donors (Lipinski definition) is 1. The molecule has 204 valence electrons. The lowest BCUT2D eigenvalue weighted by molar-refractivity contribution is -0.124. The van der Waals surface area contributed by atoms with Crippen molar-refractivity contribution in [1.29, 1.82) is 0 Å². The summed E-state index contributed by atoms with van der Waals surface area (Å²) in [6.07, 6.45) is 5.34. The van der Waals surface area contributed by atoms with Gasteiger partial charge in [0, 0.05) is 55.5 Å². The standard InChI is InChI=1S/C31H42N4O3/c1-5-7-18-34(6-2)19-12-17-32-30(36)28-24-14-8-9-15-25(24)31(37)35(20-21-38-4)29(28)26-22-33(3)27-16-11-10-13-23(26)27/h8-11,13-16,22,28-29H,5-7,12,17-21H2,1-4H3,(H,32,36). The molecule has 1 aliphatic heterocycles. The van der Waals surface area contributed by atoms with Gasteiger partial charge in [-0.25, -0.2) is 0 Å². The summed E-state index contributed by atoms with van der Waals surface area (Å²) in [5, 5.41) is 4.29. The molecule has 2 aromatic carbocycles. The van der Waals surface area contributed by atoms with Gasteiger partial charge >= 0.3 is 0 Å². The Morgan fingerprint density at radius 3 is 2.53 bits per heavy atom. The molecule has 0 radical (unpaired) electrons. The Morgan fingerprint density at radius 1 is 1.03 bits per heavy atom. The van der Waals surface area contributed by atoms with Gasteiger partial charge in [-0.05, 0) is 50.2 Å². The normalized spacial score (nSPS) is 17.3. The molecule has 2 heterocycles. The molecule has 0 saturated heterocycles. The number of nitrogens with zero attached hydrogens (tertiary/aromatic N) is 3. The maximum absolute atomic E-state index is 14.0. The predicted octanol–water partition coefficient (Wildman–Crippen LogP) is 4.73. The van der Waals surface area contributed by atoms with Gasteiger partial charge in [0.05, 0.1) is 18.6 Å². The highest BCUT2D eigenvalue weighted by Gasteiger charge is 2.44. The average Bonchev–Trinajstić information content (AvgIpc) is 3.28. The summed E-state index contributed by atoms with van der Waals surface area (Å²) in [5.74, 6) is -0.620. The highest BCUT2D eigenvalue weighted by atomic mass is 16.5. The van der Waals surface area contributed by atoms with Crippen molar-refractivity contribution >= 4 is 22.7 Å². The van der Waals surface area contributed by atoms with E-state index in [0.717, 1.165) is 48.1 Å². The summed E-state index contributed by atoms with van der Waals surface area (Å²) in [4.78, 5) is 32.1. The molecule has 7 nitrogen and oxygen atoms in total. The van der Waals surface area contributed by atoms with Crippen LogP contribution in [0.5, 0.6) is 0 Å². The van der Waals surface area contributed by atoms with E-state index in [-0.39, 0.29) is 11.8 Å². The molecule has 0 spiro atoms. The van der Waals surface area contributed by atoms with Crippen LogP contribution in [0.4, 0.5) is 0 Å². The molecule has 2 unspecified atom stereocenters. The minimum atomic E-state index is -0.520. The maximum Gasteiger partial charge on any atom is 0.254 e. The molecule has 1 N–H and O–H groups in total. The second kappa shape index (κ2) is 13.1. The van der Waals surface area contributed by atoms with Crippen LogP contribution in [0.1, 0.15) is 66.6 Å². The van der Waals surface area contributed by atoms with Crippen LogP contribution < -0.4 is 5.32 Å². The van der Waals surface area contributed by atoms with Crippen LogP contribution in [0.25, 0.3) is 10.9 Å². The third-order valence-corrected chi connectivity index (χ3v) is 7.73. The number of amides is 2. The van der Waals surface area contributed by atoms with Crippen molar-refractivity contribution in [1.82, 2.24) is 19.7 Å². The maximum atomic E-state index is 14.0. The number of fused-ring (bicyclic) bond motifs is 2. The molecule has 0 saturated carbocycles. The molecular weight excluding hydrogens is 476 g/mol. The number of carbonyl (C=O) groups excluding carboxylic acids is 2. The summed E-state index contributed by atoms with van der Waals surface area (Å²) in [6, 6.07) is 15.3. The zero-order valence-electron chi connectivity index (χ0n) is 23.3. The summed E-state index contributed by atoms with van der Waals surface area (Å²) < 4.78 is 7.47. The number of para-hydroxylation sites is 1. The second-order valence-corrected chi connectivity index (χ2v) is 10.1. The molecular formula is C31H42N4O3. The van der Waals surface area contributed by atoms with Crippen molar-refractivity contribution in [3.05, 3.63) is 71.4 Å². The molecule has 2 amide bonds. The Labute approximate surface area is 226 Å². The Balaban J connectivity index is 1.68. The third kappa shape index (κ3) is 5.79. The number of aryl methyl sites for hydroxylation is 1. The van der Waals surface area contributed by atoms with Crippen LogP contribution in [0.15, 0.2) is 54.7 Å². The van der Waals surface area contributed by atoms with Crippen LogP contribution >= 0.6 is 0 Å². The van der Waals surface area contributed by atoms with Crippen LogP contribution in [0.3, 0.4) is 0 Å². The van der Waals surface area contributed by atoms with E-state index in [2.05, 4.69) is 47.0 Å². The van der Waals surface area contributed by atoms with Gasteiger partial charge in [0.1, 0.15) is 0 Å². The Morgan fingerprint density at radius 2 is 1.76 bits per heavy atom. The predicted molar refractivity (Wildman–Crippen MR) is 152 cm³/mol. The van der Waals surface area contributed by atoms with Crippen LogP contribution in [-0.4, -0.2) is 72.6 Å². The first-order chi connectivity index (χ1) is 18.5. The van der Waals surface area contributed by atoms with E-state index in [9.17, 15) is 9.59 Å². The molecule has 38 heavy (non-hydrogen) atoms. The number of rotatable bonds is 13. The minimum absolute atomic E-state index is 0.0399. The van der Waals surface area contributed by atoms with Crippen molar-refractivity contribution in [2.24, 2.45) is 7.05 Å². The lowest BCUT2D eigenvalue weighted by Gasteiger charge is -2.41. The first-order valence-corrected chi connectivity index (χ1v) is 13.9. The highest BCUT2D eigenvalue weighted by molar-refractivity contribution is 6.02. The molecule has 4 rings (SSSR count). The zero-order chi connectivity index (χ0) is 27.1. The van der Waals surface area contributed by atoms with Crippen molar-refractivity contribution in [2.45, 2.75) is 45.1 Å². The SMILES string of the molecule is CCCCN(CC)CCCNC(=O)C1c2ccccc2C(=O)N(CCOC)C1c1cn(C)c2ccccc12. The Hall–Kier alpha value is -3.16. The first-order valence-electron chi connectivity index (χ1n) is 13.9. The van der Waals surface area contributed by atoms with E-state index in [4.69, 9.17) is 4.74 Å². The number of nitrogens with one attached hydrogen (secondary N) is 1. The summed E-state index contributed by atoms with van der Waals surface area (Å²) in [7, 11) is 3.65. The average molecular weight is 519 g/mol. The molecule has 0 bridgehead atoms. The number of unbranched alkanes of at least 4 members (excludes halogenated alkanes) is 1. The van der Waals surface area contributed by atoms with Gasteiger partial charge in [-0.3, -0.25) is 9.59 Å². The zero-order valence-corrected chi connectivity index (χ0v) is 23.3. The van der Waals surface area contributed by atoms with Gasteiger partial charge in [-0.2, -0.15) is 0 Å². The fraction of sp³-hybridized carbons (Fsp3) is 0.484. The van der Waals surface area contributed by atoms with E-state index >= 15 is 0 Å². The molecule has 7 heteroatoms. The van der Waals surface area contributed by atoms with Gasteiger partial charge < -0.3 is 24.4 Å². The molecule has 1 aliphatic rings. The minimum Gasteiger partial charge on any atom is -0.383 e. The monoisotopic (exact) mass is 518 g/mol. The van der Waals surface area contributed by atoms with Gasteiger partial charge in [0.25, 0.3) is 5.91 Å². The lowest BCUT2D eigenvalue weighted by Crippen LogP contribution is -2.48. The van der Waals surface area contributed by atoms with Gasteiger partial charge in [-0.1, -0.05) is 56.7 Å². The first kappa shape index (κ1) is 27.9. The van der Waals surface area contributed by atoms with E-state index < -0.39 is 12.0 Å². The van der Waals surface area contributed by atoms with Gasteiger partial charge in [0.2, 0.25) is 5.91 Å². The van der Waals surface area contributed by atoms with Crippen molar-refractivity contribution < 1.29 is 14.3 Å². The van der Waals surface area contributed by atoms with Crippen molar-refractivity contribution in [3.63, 3.8) is 0 Å². The van der Waals surface area contributed by atoms with Crippen molar-refractivity contribution in [3.8, 4) is 0 Å². The van der Waals surface area contributed by atoms with Gasteiger partial charge in [-0.15, -0.1) is 0 Å². The van der Waals surface area contributed by atoms with Crippen LogP contribution in [0, 0.1) is 0 Å². The van der Waals surface area contributed by atoms with E-state index in [1.807, 2.05) is 48.3 Å². The molecule has 3 aromatic rings. The third-order valence-electron chi connectivity index (χ3n) is 7.73.